The van der Waals surface area contributed by atoms with E-state index in [0.717, 1.165) is 14.8 Å². The second-order valence-electron chi connectivity index (χ2n) is 4.93. The van der Waals surface area contributed by atoms with Crippen LogP contribution in [-0.4, -0.2) is 30.9 Å². The van der Waals surface area contributed by atoms with Crippen LogP contribution >= 0.6 is 15.9 Å². The van der Waals surface area contributed by atoms with Crippen molar-refractivity contribution >= 4 is 27.4 Å². The summed E-state index contributed by atoms with van der Waals surface area (Å²) in [7, 11) is 0. The Balaban J connectivity index is 2.05. The van der Waals surface area contributed by atoms with E-state index in [2.05, 4.69) is 31.3 Å². The van der Waals surface area contributed by atoms with Gasteiger partial charge < -0.3 is 0 Å². The Kier molecular flexibility index (Phi) is 4.17. The second-order valence-corrected chi connectivity index (χ2v) is 5.84. The first kappa shape index (κ1) is 15.9. The number of hydrogen-bond donors (Lipinski definition) is 0. The number of aromatic nitrogens is 4. The SMILES string of the molecule is CC(=O)c1ccc(-n2nnc(-c3ccc(Br)cc3)n2)c([N+](=O)[O-])c1. The van der Waals surface area contributed by atoms with Crippen LogP contribution in [0.1, 0.15) is 17.3 Å². The summed E-state index contributed by atoms with van der Waals surface area (Å²) in [5.74, 6) is 0.0826. The van der Waals surface area contributed by atoms with Crippen LogP contribution in [0, 0.1) is 10.1 Å². The molecule has 9 heteroatoms. The molecule has 0 fully saturated rings. The summed E-state index contributed by atoms with van der Waals surface area (Å²) in [5.41, 5.74) is 0.856. The number of halogens is 1. The molecule has 1 aromatic heterocycles. The Labute approximate surface area is 144 Å². The number of ketones is 1. The fourth-order valence-electron chi connectivity index (χ4n) is 2.09. The van der Waals surface area contributed by atoms with E-state index in [1.54, 1.807) is 12.1 Å². The van der Waals surface area contributed by atoms with Gasteiger partial charge in [0.2, 0.25) is 5.82 Å². The summed E-state index contributed by atoms with van der Waals surface area (Å²) in [5, 5.41) is 23.3. The molecule has 0 N–H and O–H groups in total. The lowest BCUT2D eigenvalue weighted by Crippen LogP contribution is -2.05. The minimum absolute atomic E-state index is 0.140. The average molecular weight is 388 g/mol. The molecule has 0 unspecified atom stereocenters. The maximum absolute atomic E-state index is 11.4. The van der Waals surface area contributed by atoms with Crippen LogP contribution in [0.15, 0.2) is 46.9 Å². The Bertz CT molecular complexity index is 937. The monoisotopic (exact) mass is 387 g/mol. The van der Waals surface area contributed by atoms with Crippen molar-refractivity contribution in [3.8, 4) is 17.1 Å². The van der Waals surface area contributed by atoms with Crippen molar-refractivity contribution in [1.29, 1.82) is 0 Å². The summed E-state index contributed by atoms with van der Waals surface area (Å²) >= 11 is 3.34. The molecule has 120 valence electrons. The van der Waals surface area contributed by atoms with E-state index in [1.165, 1.54) is 25.1 Å². The number of tetrazole rings is 1. The molecular weight excluding hydrogens is 378 g/mol. The van der Waals surface area contributed by atoms with E-state index < -0.39 is 4.92 Å². The van der Waals surface area contributed by atoms with E-state index in [9.17, 15) is 14.9 Å². The van der Waals surface area contributed by atoms with Crippen molar-refractivity contribution in [1.82, 2.24) is 20.2 Å². The first-order valence-electron chi connectivity index (χ1n) is 6.81. The number of Topliss-reactive ketones (excluding diaryl/α,β-unsaturated/α-hetero) is 1. The van der Waals surface area contributed by atoms with E-state index >= 15 is 0 Å². The largest absolute Gasteiger partial charge is 0.297 e. The number of rotatable bonds is 4. The first-order chi connectivity index (χ1) is 11.5. The number of nitrogens with zero attached hydrogens (tertiary/aromatic N) is 5. The number of nitro groups is 1. The van der Waals surface area contributed by atoms with Gasteiger partial charge in [0.05, 0.1) is 4.92 Å². The smallest absolute Gasteiger partial charge is 0.295 e. The summed E-state index contributed by atoms with van der Waals surface area (Å²) in [6.45, 7) is 1.35. The van der Waals surface area contributed by atoms with Crippen LogP contribution in [0.2, 0.25) is 0 Å². The van der Waals surface area contributed by atoms with E-state index in [4.69, 9.17) is 0 Å². The molecule has 0 saturated heterocycles. The fraction of sp³-hybridized carbons (Fsp3) is 0.0667. The molecule has 0 bridgehead atoms. The molecule has 3 rings (SSSR count). The minimum atomic E-state index is -0.579. The maximum atomic E-state index is 11.4. The van der Waals surface area contributed by atoms with Crippen LogP contribution in [0.25, 0.3) is 17.1 Å². The topological polar surface area (TPSA) is 104 Å². The zero-order valence-corrected chi connectivity index (χ0v) is 14.0. The average Bonchev–Trinajstić information content (AvgIpc) is 3.04. The number of nitro benzene ring substituents is 1. The quantitative estimate of drug-likeness (QED) is 0.386. The Morgan fingerprint density at radius 2 is 1.92 bits per heavy atom. The van der Waals surface area contributed by atoms with Gasteiger partial charge in [-0.05, 0) is 48.5 Å². The van der Waals surface area contributed by atoms with Crippen LogP contribution < -0.4 is 0 Å². The van der Waals surface area contributed by atoms with Gasteiger partial charge in [0.1, 0.15) is 0 Å². The number of carbonyl (C=O) groups is 1. The van der Waals surface area contributed by atoms with Crippen molar-refractivity contribution < 1.29 is 9.72 Å². The first-order valence-corrected chi connectivity index (χ1v) is 7.61. The van der Waals surface area contributed by atoms with Crippen molar-refractivity contribution in [2.75, 3.05) is 0 Å². The van der Waals surface area contributed by atoms with Gasteiger partial charge in [0, 0.05) is 21.7 Å². The van der Waals surface area contributed by atoms with Crippen molar-refractivity contribution in [3.63, 3.8) is 0 Å². The molecule has 0 spiro atoms. The predicted molar refractivity (Wildman–Crippen MR) is 88.9 cm³/mol. The number of benzene rings is 2. The van der Waals surface area contributed by atoms with Gasteiger partial charge in [-0.15, -0.1) is 15.0 Å². The molecule has 0 aliphatic heterocycles. The Morgan fingerprint density at radius 3 is 2.54 bits per heavy atom. The molecule has 8 nitrogen and oxygen atoms in total. The highest BCUT2D eigenvalue weighted by Crippen LogP contribution is 2.24. The zero-order chi connectivity index (χ0) is 17.3. The second kappa shape index (κ2) is 6.28. The third kappa shape index (κ3) is 3.06. The third-order valence-electron chi connectivity index (χ3n) is 3.31. The van der Waals surface area contributed by atoms with Gasteiger partial charge in [0.25, 0.3) is 5.69 Å². The highest BCUT2D eigenvalue weighted by Gasteiger charge is 2.20. The minimum Gasteiger partial charge on any atom is -0.295 e. The highest BCUT2D eigenvalue weighted by molar-refractivity contribution is 9.10. The van der Waals surface area contributed by atoms with E-state index in [1.807, 2.05) is 12.1 Å². The standard InChI is InChI=1S/C15H10BrN5O3/c1-9(22)11-4-7-13(14(8-11)21(23)24)20-18-15(17-19-20)10-2-5-12(16)6-3-10/h2-8H,1H3. The van der Waals surface area contributed by atoms with Crippen LogP contribution in [-0.2, 0) is 0 Å². The molecule has 0 aliphatic carbocycles. The lowest BCUT2D eigenvalue weighted by molar-refractivity contribution is -0.384. The summed E-state index contributed by atoms with van der Waals surface area (Å²) < 4.78 is 0.911. The molecule has 24 heavy (non-hydrogen) atoms. The summed E-state index contributed by atoms with van der Waals surface area (Å²) in [4.78, 5) is 23.2. The molecule has 2 aromatic carbocycles. The van der Waals surface area contributed by atoms with Crippen molar-refractivity contribution in [2.45, 2.75) is 6.92 Å². The lowest BCUT2D eigenvalue weighted by Gasteiger charge is -2.02. The van der Waals surface area contributed by atoms with Crippen molar-refractivity contribution in [2.24, 2.45) is 0 Å². The summed E-state index contributed by atoms with van der Waals surface area (Å²) in [6.07, 6.45) is 0. The van der Waals surface area contributed by atoms with Gasteiger partial charge in [-0.3, -0.25) is 14.9 Å². The molecule has 0 saturated carbocycles. The van der Waals surface area contributed by atoms with Gasteiger partial charge in [0.15, 0.2) is 11.5 Å². The van der Waals surface area contributed by atoms with Gasteiger partial charge in [-0.2, -0.15) is 0 Å². The van der Waals surface area contributed by atoms with E-state index in [0.29, 0.717) is 5.82 Å². The zero-order valence-electron chi connectivity index (χ0n) is 12.4. The molecule has 0 aliphatic rings. The van der Waals surface area contributed by atoms with Crippen molar-refractivity contribution in [3.05, 3.63) is 62.6 Å². The molecule has 0 atom stereocenters. The Hall–Kier alpha value is -2.94. The number of hydrogen-bond acceptors (Lipinski definition) is 6. The van der Waals surface area contributed by atoms with Gasteiger partial charge in [-0.1, -0.05) is 15.9 Å². The molecule has 3 aromatic rings. The van der Waals surface area contributed by atoms with E-state index in [-0.39, 0.29) is 22.7 Å². The van der Waals surface area contributed by atoms with Crippen LogP contribution in [0.3, 0.4) is 0 Å². The lowest BCUT2D eigenvalue weighted by atomic mass is 10.1. The van der Waals surface area contributed by atoms with Gasteiger partial charge >= 0.3 is 0 Å². The number of carbonyl (C=O) groups excluding carboxylic acids is 1. The van der Waals surface area contributed by atoms with Crippen LogP contribution in [0.4, 0.5) is 5.69 Å². The Morgan fingerprint density at radius 1 is 1.21 bits per heavy atom. The molecule has 1 heterocycles. The normalized spacial score (nSPS) is 10.6. The highest BCUT2D eigenvalue weighted by atomic mass is 79.9. The maximum Gasteiger partial charge on any atom is 0.297 e. The summed E-state index contributed by atoms with van der Waals surface area (Å²) in [6, 6.07) is 11.4. The molecular formula is C15H10BrN5O3. The predicted octanol–water partition coefficient (Wildman–Crippen LogP) is 3.20. The van der Waals surface area contributed by atoms with Crippen LogP contribution in [0.5, 0.6) is 0 Å². The third-order valence-corrected chi connectivity index (χ3v) is 3.84. The molecule has 0 amide bonds. The fourth-order valence-corrected chi connectivity index (χ4v) is 2.35. The van der Waals surface area contributed by atoms with Gasteiger partial charge in [-0.25, -0.2) is 0 Å². The molecule has 0 radical (unpaired) electrons.